The van der Waals surface area contributed by atoms with Crippen molar-refractivity contribution < 1.29 is 8.78 Å². The first kappa shape index (κ1) is 27.5. The van der Waals surface area contributed by atoms with Crippen molar-refractivity contribution >= 4 is 17.3 Å². The van der Waals surface area contributed by atoms with Gasteiger partial charge in [-0.15, -0.1) is 0 Å². The minimum Gasteiger partial charge on any atom is -0.396 e. The predicted molar refractivity (Wildman–Crippen MR) is 151 cm³/mol. The number of nitrogens with two attached hydrogens (primary N) is 1. The van der Waals surface area contributed by atoms with Gasteiger partial charge in [0, 0.05) is 37.2 Å². The van der Waals surface area contributed by atoms with E-state index in [0.29, 0.717) is 46.9 Å². The fourth-order valence-corrected chi connectivity index (χ4v) is 4.93. The SMILES string of the molecule is C=C(Nc1ccnc(CC2CCCC2)n1)N(CCCCC)c1nc(-c2cccc(C(C)(F)F)c2)ccc1N. The highest BCUT2D eigenvalue weighted by atomic mass is 19.3. The summed E-state index contributed by atoms with van der Waals surface area (Å²) in [5.41, 5.74) is 7.99. The Kier molecular flexibility index (Phi) is 8.92. The zero-order valence-electron chi connectivity index (χ0n) is 22.4. The van der Waals surface area contributed by atoms with Crippen LogP contribution in [0.3, 0.4) is 0 Å². The highest BCUT2D eigenvalue weighted by Gasteiger charge is 2.25. The normalized spacial score (nSPS) is 14.0. The number of nitrogens with zero attached hydrogens (tertiary/aromatic N) is 4. The van der Waals surface area contributed by atoms with Crippen molar-refractivity contribution in [3.05, 3.63) is 72.4 Å². The lowest BCUT2D eigenvalue weighted by Gasteiger charge is -2.28. The molecule has 2 heterocycles. The molecule has 0 amide bonds. The van der Waals surface area contributed by atoms with Crippen molar-refractivity contribution in [2.24, 2.45) is 5.92 Å². The molecule has 0 unspecified atom stereocenters. The summed E-state index contributed by atoms with van der Waals surface area (Å²) in [6.07, 6.45) is 10.7. The van der Waals surface area contributed by atoms with Crippen LogP contribution in [0.15, 0.2) is 61.1 Å². The van der Waals surface area contributed by atoms with E-state index in [0.717, 1.165) is 38.4 Å². The molecule has 0 bridgehead atoms. The van der Waals surface area contributed by atoms with Crippen LogP contribution in [0.25, 0.3) is 11.3 Å². The van der Waals surface area contributed by atoms with E-state index in [1.165, 1.54) is 37.8 Å². The minimum absolute atomic E-state index is 0.0572. The number of nitrogens with one attached hydrogen (secondary N) is 1. The van der Waals surface area contributed by atoms with Crippen LogP contribution in [0.5, 0.6) is 0 Å². The summed E-state index contributed by atoms with van der Waals surface area (Å²) in [6, 6.07) is 11.6. The second-order valence-corrected chi connectivity index (χ2v) is 10.2. The molecular formula is C30H38F2N6. The first-order chi connectivity index (χ1) is 18.2. The molecule has 1 aliphatic carbocycles. The Bertz CT molecular complexity index is 1230. The van der Waals surface area contributed by atoms with Crippen LogP contribution in [0, 0.1) is 5.92 Å². The van der Waals surface area contributed by atoms with E-state index in [4.69, 9.17) is 15.7 Å². The maximum absolute atomic E-state index is 14.0. The van der Waals surface area contributed by atoms with Crippen LogP contribution in [-0.4, -0.2) is 21.5 Å². The number of nitrogen functional groups attached to an aromatic ring is 1. The maximum Gasteiger partial charge on any atom is 0.270 e. The summed E-state index contributed by atoms with van der Waals surface area (Å²) in [6.45, 7) is 7.98. The Balaban J connectivity index is 1.60. The van der Waals surface area contributed by atoms with Crippen LogP contribution in [0.1, 0.15) is 70.2 Å². The molecule has 38 heavy (non-hydrogen) atoms. The van der Waals surface area contributed by atoms with Gasteiger partial charge in [-0.05, 0) is 36.6 Å². The van der Waals surface area contributed by atoms with Gasteiger partial charge in [0.25, 0.3) is 5.92 Å². The van der Waals surface area contributed by atoms with Crippen molar-refractivity contribution in [3.8, 4) is 11.3 Å². The number of rotatable bonds is 12. The van der Waals surface area contributed by atoms with E-state index < -0.39 is 5.92 Å². The molecule has 6 nitrogen and oxygen atoms in total. The number of hydrogen-bond acceptors (Lipinski definition) is 6. The molecule has 0 aliphatic heterocycles. The van der Waals surface area contributed by atoms with Gasteiger partial charge in [-0.1, -0.05) is 70.2 Å². The van der Waals surface area contributed by atoms with Gasteiger partial charge in [0.05, 0.1) is 11.4 Å². The number of aromatic nitrogens is 3. The topological polar surface area (TPSA) is 80.0 Å². The van der Waals surface area contributed by atoms with Gasteiger partial charge >= 0.3 is 0 Å². The van der Waals surface area contributed by atoms with Gasteiger partial charge in [-0.25, -0.2) is 23.7 Å². The molecule has 1 fully saturated rings. The summed E-state index contributed by atoms with van der Waals surface area (Å²) in [5.74, 6) is 0.342. The Morgan fingerprint density at radius 1 is 1.13 bits per heavy atom. The van der Waals surface area contributed by atoms with Gasteiger partial charge in [0.15, 0.2) is 5.82 Å². The number of pyridine rings is 1. The van der Waals surface area contributed by atoms with E-state index in [1.54, 1.807) is 30.5 Å². The zero-order chi connectivity index (χ0) is 27.1. The van der Waals surface area contributed by atoms with Crippen molar-refractivity contribution in [2.45, 2.75) is 71.1 Å². The lowest BCUT2D eigenvalue weighted by Crippen LogP contribution is -2.29. The Morgan fingerprint density at radius 2 is 1.92 bits per heavy atom. The highest BCUT2D eigenvalue weighted by Crippen LogP contribution is 2.33. The molecule has 1 saturated carbocycles. The third-order valence-electron chi connectivity index (χ3n) is 7.06. The third kappa shape index (κ3) is 7.05. The fourth-order valence-electron chi connectivity index (χ4n) is 4.93. The van der Waals surface area contributed by atoms with Gasteiger partial charge in [-0.2, -0.15) is 0 Å². The number of benzene rings is 1. The van der Waals surface area contributed by atoms with Gasteiger partial charge in [-0.3, -0.25) is 0 Å². The summed E-state index contributed by atoms with van der Waals surface area (Å²) < 4.78 is 27.9. The predicted octanol–water partition coefficient (Wildman–Crippen LogP) is 7.55. The molecule has 1 aliphatic rings. The lowest BCUT2D eigenvalue weighted by molar-refractivity contribution is 0.0175. The summed E-state index contributed by atoms with van der Waals surface area (Å²) in [7, 11) is 0. The number of hydrogen-bond donors (Lipinski definition) is 2. The average Bonchev–Trinajstić information content (AvgIpc) is 3.40. The van der Waals surface area contributed by atoms with Gasteiger partial charge in [0.1, 0.15) is 17.5 Å². The second-order valence-electron chi connectivity index (χ2n) is 10.2. The maximum atomic E-state index is 14.0. The summed E-state index contributed by atoms with van der Waals surface area (Å²) in [5, 5.41) is 3.33. The molecule has 0 spiro atoms. The van der Waals surface area contributed by atoms with E-state index >= 15 is 0 Å². The molecule has 3 N–H and O–H groups in total. The number of alkyl halides is 2. The van der Waals surface area contributed by atoms with Crippen molar-refractivity contribution in [1.82, 2.24) is 15.0 Å². The standard InChI is InChI=1S/C30H38F2N6/c1-4-5-8-18-38(21(2)35-27-16-17-34-28(37-27)19-22-10-6-7-11-22)29-25(33)14-15-26(36-29)23-12-9-13-24(20-23)30(3,31)32/h9,12-17,20,22H,2,4-8,10-11,18-19,33H2,1,3H3,(H,34,35,37). The van der Waals surface area contributed by atoms with Crippen molar-refractivity contribution in [1.29, 1.82) is 0 Å². The summed E-state index contributed by atoms with van der Waals surface area (Å²) in [4.78, 5) is 16.0. The first-order valence-corrected chi connectivity index (χ1v) is 13.5. The molecule has 8 heteroatoms. The molecule has 0 atom stereocenters. The van der Waals surface area contributed by atoms with Crippen LogP contribution in [0.2, 0.25) is 0 Å². The Hall–Kier alpha value is -3.55. The van der Waals surface area contributed by atoms with Gasteiger partial charge < -0.3 is 16.0 Å². The Morgan fingerprint density at radius 3 is 2.66 bits per heavy atom. The van der Waals surface area contributed by atoms with E-state index in [2.05, 4.69) is 23.8 Å². The molecular weight excluding hydrogens is 482 g/mol. The molecule has 202 valence electrons. The van der Waals surface area contributed by atoms with Gasteiger partial charge in [0.2, 0.25) is 0 Å². The van der Waals surface area contributed by atoms with E-state index in [9.17, 15) is 8.78 Å². The van der Waals surface area contributed by atoms with Crippen LogP contribution < -0.4 is 16.0 Å². The molecule has 2 aromatic heterocycles. The quantitative estimate of drug-likeness (QED) is 0.240. The van der Waals surface area contributed by atoms with E-state index in [-0.39, 0.29) is 5.56 Å². The Labute approximate surface area is 224 Å². The number of anilines is 3. The highest BCUT2D eigenvalue weighted by molar-refractivity contribution is 5.72. The fraction of sp³-hybridized carbons (Fsp3) is 0.433. The number of halogens is 2. The summed E-state index contributed by atoms with van der Waals surface area (Å²) >= 11 is 0. The van der Waals surface area contributed by atoms with Crippen molar-refractivity contribution in [3.63, 3.8) is 0 Å². The van der Waals surface area contributed by atoms with Crippen LogP contribution in [-0.2, 0) is 12.3 Å². The molecule has 1 aromatic carbocycles. The van der Waals surface area contributed by atoms with Crippen LogP contribution in [0.4, 0.5) is 26.1 Å². The third-order valence-corrected chi connectivity index (χ3v) is 7.06. The minimum atomic E-state index is -2.94. The molecule has 0 saturated heterocycles. The smallest absolute Gasteiger partial charge is 0.270 e. The molecule has 3 aromatic rings. The molecule has 0 radical (unpaired) electrons. The molecule has 4 rings (SSSR count). The second kappa shape index (κ2) is 12.3. The monoisotopic (exact) mass is 520 g/mol. The number of unbranched alkanes of at least 4 members (excludes halogenated alkanes) is 2. The average molecular weight is 521 g/mol. The van der Waals surface area contributed by atoms with Crippen molar-refractivity contribution in [2.75, 3.05) is 22.5 Å². The van der Waals surface area contributed by atoms with Crippen LogP contribution >= 0.6 is 0 Å². The van der Waals surface area contributed by atoms with E-state index in [1.807, 2.05) is 11.0 Å². The largest absolute Gasteiger partial charge is 0.396 e. The lowest BCUT2D eigenvalue weighted by atomic mass is 10.0. The first-order valence-electron chi connectivity index (χ1n) is 13.5. The zero-order valence-corrected chi connectivity index (χ0v) is 22.4.